The first-order valence-electron chi connectivity index (χ1n) is 10.2. The van der Waals surface area contributed by atoms with E-state index >= 15 is 0 Å². The molecule has 0 fully saturated rings. The summed E-state index contributed by atoms with van der Waals surface area (Å²) < 4.78 is 25.5. The molecule has 0 aliphatic carbocycles. The highest BCUT2D eigenvalue weighted by Crippen LogP contribution is 2.33. The average molecular weight is 480 g/mol. The van der Waals surface area contributed by atoms with E-state index in [2.05, 4.69) is 23.7 Å². The van der Waals surface area contributed by atoms with Crippen LogP contribution in [0.4, 0.5) is 5.13 Å². The van der Waals surface area contributed by atoms with Crippen LogP contribution in [-0.2, 0) is 9.84 Å². The quantitative estimate of drug-likeness (QED) is 0.443. The summed E-state index contributed by atoms with van der Waals surface area (Å²) in [7, 11) is -3.41. The Hall–Kier alpha value is -2.00. The van der Waals surface area contributed by atoms with Crippen molar-refractivity contribution < 1.29 is 13.2 Å². The van der Waals surface area contributed by atoms with Gasteiger partial charge in [0.1, 0.15) is 5.52 Å². The van der Waals surface area contributed by atoms with E-state index in [-0.39, 0.29) is 16.6 Å². The fourth-order valence-corrected chi connectivity index (χ4v) is 5.44. The number of halogens is 1. The lowest BCUT2D eigenvalue weighted by molar-refractivity contribution is 0.0983. The molecule has 0 spiro atoms. The SMILES string of the molecule is CCN(CC)CCN(C(=O)c1cccc(S(=O)(=O)CC)c1)c1nc2c(Cl)cccc2s1. The van der Waals surface area contributed by atoms with Crippen molar-refractivity contribution in [3.63, 3.8) is 0 Å². The second kappa shape index (κ2) is 10.1. The Bertz CT molecular complexity index is 1170. The van der Waals surface area contributed by atoms with Crippen molar-refractivity contribution >= 4 is 54.0 Å². The third-order valence-corrected chi connectivity index (χ3v) is 8.27. The van der Waals surface area contributed by atoms with Gasteiger partial charge in [-0.05, 0) is 43.4 Å². The molecule has 1 aromatic heterocycles. The monoisotopic (exact) mass is 479 g/mol. The number of likely N-dealkylation sites (N-methyl/N-ethyl adjacent to an activating group) is 1. The molecule has 0 N–H and O–H groups in total. The van der Waals surface area contributed by atoms with Crippen LogP contribution in [0.25, 0.3) is 10.2 Å². The van der Waals surface area contributed by atoms with Crippen LogP contribution < -0.4 is 4.90 Å². The predicted molar refractivity (Wildman–Crippen MR) is 128 cm³/mol. The van der Waals surface area contributed by atoms with Gasteiger partial charge in [0.2, 0.25) is 0 Å². The summed E-state index contributed by atoms with van der Waals surface area (Å²) in [5, 5.41) is 1.08. The fraction of sp³-hybridized carbons (Fsp3) is 0.364. The molecule has 2 aromatic carbocycles. The number of benzene rings is 2. The minimum absolute atomic E-state index is 0.0211. The number of hydrogen-bond acceptors (Lipinski definition) is 6. The van der Waals surface area contributed by atoms with Crippen LogP contribution in [0.15, 0.2) is 47.4 Å². The third kappa shape index (κ3) is 5.26. The van der Waals surface area contributed by atoms with Crippen molar-refractivity contribution in [3.05, 3.63) is 53.1 Å². The fourth-order valence-electron chi connectivity index (χ4n) is 3.23. The maximum absolute atomic E-state index is 13.5. The molecule has 0 unspecified atom stereocenters. The second-order valence-corrected chi connectivity index (χ2v) is 10.7. The highest BCUT2D eigenvalue weighted by molar-refractivity contribution is 7.91. The van der Waals surface area contributed by atoms with E-state index in [0.717, 1.165) is 17.8 Å². The summed E-state index contributed by atoms with van der Waals surface area (Å²) >= 11 is 7.69. The molecule has 0 aliphatic heterocycles. The minimum atomic E-state index is -3.41. The van der Waals surface area contributed by atoms with Gasteiger partial charge in [-0.3, -0.25) is 9.69 Å². The molecule has 0 aliphatic rings. The van der Waals surface area contributed by atoms with Gasteiger partial charge in [0.15, 0.2) is 15.0 Å². The Labute approximate surface area is 192 Å². The Balaban J connectivity index is 2.02. The number of carbonyl (C=O) groups excluding carboxylic acids is 1. The lowest BCUT2D eigenvalue weighted by Crippen LogP contribution is -2.39. The van der Waals surface area contributed by atoms with E-state index in [0.29, 0.717) is 34.3 Å². The molecule has 1 amide bonds. The van der Waals surface area contributed by atoms with Crippen molar-refractivity contribution in [2.45, 2.75) is 25.7 Å². The summed E-state index contributed by atoms with van der Waals surface area (Å²) in [6, 6.07) is 11.8. The van der Waals surface area contributed by atoms with Crippen molar-refractivity contribution in [1.82, 2.24) is 9.88 Å². The Morgan fingerprint density at radius 3 is 2.42 bits per heavy atom. The van der Waals surface area contributed by atoms with E-state index in [4.69, 9.17) is 11.6 Å². The van der Waals surface area contributed by atoms with E-state index in [1.54, 1.807) is 30.0 Å². The van der Waals surface area contributed by atoms with Gasteiger partial charge < -0.3 is 4.90 Å². The maximum Gasteiger partial charge on any atom is 0.260 e. The van der Waals surface area contributed by atoms with Gasteiger partial charge >= 0.3 is 0 Å². The van der Waals surface area contributed by atoms with Crippen molar-refractivity contribution in [2.75, 3.05) is 36.8 Å². The number of rotatable bonds is 9. The standard InChI is InChI=1S/C22H26ClN3O3S2/c1-4-25(5-2)13-14-26(22-24-20-18(23)11-8-12-19(20)30-22)21(27)16-9-7-10-17(15-16)31(28,29)6-3/h7-12,15H,4-6,13-14H2,1-3H3. The number of amides is 1. The number of nitrogens with zero attached hydrogens (tertiary/aromatic N) is 3. The summed E-state index contributed by atoms with van der Waals surface area (Å²) in [6.45, 7) is 8.59. The number of anilines is 1. The summed E-state index contributed by atoms with van der Waals surface area (Å²) in [5.74, 6) is -0.303. The number of sulfone groups is 1. The van der Waals surface area contributed by atoms with Gasteiger partial charge in [-0.25, -0.2) is 13.4 Å². The Kier molecular flexibility index (Phi) is 7.69. The molecule has 0 radical (unpaired) electrons. The first-order chi connectivity index (χ1) is 14.8. The molecule has 31 heavy (non-hydrogen) atoms. The zero-order valence-electron chi connectivity index (χ0n) is 17.8. The zero-order chi connectivity index (χ0) is 22.6. The molecule has 0 saturated heterocycles. The highest BCUT2D eigenvalue weighted by atomic mass is 35.5. The number of hydrogen-bond donors (Lipinski definition) is 0. The molecule has 0 atom stereocenters. The Morgan fingerprint density at radius 2 is 1.77 bits per heavy atom. The van der Waals surface area contributed by atoms with Gasteiger partial charge in [-0.15, -0.1) is 0 Å². The number of fused-ring (bicyclic) bond motifs is 1. The maximum atomic E-state index is 13.5. The molecule has 9 heteroatoms. The molecule has 1 heterocycles. The van der Waals surface area contributed by atoms with E-state index in [1.807, 2.05) is 12.1 Å². The number of para-hydroxylation sites is 1. The van der Waals surface area contributed by atoms with E-state index in [1.165, 1.54) is 23.5 Å². The highest BCUT2D eigenvalue weighted by Gasteiger charge is 2.24. The summed E-state index contributed by atoms with van der Waals surface area (Å²) in [6.07, 6.45) is 0. The van der Waals surface area contributed by atoms with E-state index in [9.17, 15) is 13.2 Å². The summed E-state index contributed by atoms with van der Waals surface area (Å²) in [4.78, 5) is 22.1. The van der Waals surface area contributed by atoms with Gasteiger partial charge in [0, 0.05) is 18.7 Å². The van der Waals surface area contributed by atoms with Crippen molar-refractivity contribution in [1.29, 1.82) is 0 Å². The van der Waals surface area contributed by atoms with Crippen LogP contribution in [0.1, 0.15) is 31.1 Å². The average Bonchev–Trinajstić information content (AvgIpc) is 3.22. The number of carbonyl (C=O) groups is 1. The third-order valence-electron chi connectivity index (χ3n) is 5.19. The van der Waals surface area contributed by atoms with Crippen LogP contribution >= 0.6 is 22.9 Å². The first-order valence-corrected chi connectivity index (χ1v) is 13.1. The molecule has 166 valence electrons. The van der Waals surface area contributed by atoms with Gasteiger partial charge in [0.05, 0.1) is 20.4 Å². The summed E-state index contributed by atoms with van der Waals surface area (Å²) in [5.41, 5.74) is 0.978. The molecular formula is C22H26ClN3O3S2. The zero-order valence-corrected chi connectivity index (χ0v) is 20.2. The smallest absolute Gasteiger partial charge is 0.260 e. The predicted octanol–water partition coefficient (Wildman–Crippen LogP) is 4.73. The normalized spacial score (nSPS) is 11.9. The number of thiazole rings is 1. The lowest BCUT2D eigenvalue weighted by atomic mass is 10.2. The van der Waals surface area contributed by atoms with Gasteiger partial charge in [-0.1, -0.05) is 55.8 Å². The van der Waals surface area contributed by atoms with Gasteiger partial charge in [-0.2, -0.15) is 0 Å². The van der Waals surface area contributed by atoms with Crippen LogP contribution in [0, 0.1) is 0 Å². The first kappa shape index (κ1) is 23.7. The van der Waals surface area contributed by atoms with Gasteiger partial charge in [0.25, 0.3) is 5.91 Å². The van der Waals surface area contributed by atoms with Crippen LogP contribution in [0.5, 0.6) is 0 Å². The largest absolute Gasteiger partial charge is 0.302 e. The van der Waals surface area contributed by atoms with Crippen LogP contribution in [0.2, 0.25) is 5.02 Å². The van der Waals surface area contributed by atoms with Crippen molar-refractivity contribution in [3.8, 4) is 0 Å². The molecule has 3 aromatic rings. The number of aromatic nitrogens is 1. The lowest BCUT2D eigenvalue weighted by Gasteiger charge is -2.25. The van der Waals surface area contributed by atoms with E-state index < -0.39 is 9.84 Å². The topological polar surface area (TPSA) is 70.6 Å². The molecule has 6 nitrogen and oxygen atoms in total. The Morgan fingerprint density at radius 1 is 1.06 bits per heavy atom. The van der Waals surface area contributed by atoms with Crippen LogP contribution in [0.3, 0.4) is 0 Å². The minimum Gasteiger partial charge on any atom is -0.302 e. The van der Waals surface area contributed by atoms with Crippen molar-refractivity contribution in [2.24, 2.45) is 0 Å². The second-order valence-electron chi connectivity index (χ2n) is 7.00. The van der Waals surface area contributed by atoms with Crippen LogP contribution in [-0.4, -0.2) is 56.1 Å². The molecule has 0 bridgehead atoms. The molecule has 0 saturated carbocycles. The molecular weight excluding hydrogens is 454 g/mol. The molecule has 3 rings (SSSR count).